The molecule has 31 heavy (non-hydrogen) atoms. The number of halogens is 5. The predicted octanol–water partition coefficient (Wildman–Crippen LogP) is 2.56. The molecule has 7 nitrogen and oxygen atoms in total. The van der Waals surface area contributed by atoms with Crippen LogP contribution in [0.25, 0.3) is 10.9 Å². The van der Waals surface area contributed by atoms with Crippen molar-refractivity contribution in [3.05, 3.63) is 33.6 Å². The van der Waals surface area contributed by atoms with Crippen LogP contribution in [0.15, 0.2) is 11.0 Å². The first-order valence-corrected chi connectivity index (χ1v) is 9.55. The highest BCUT2D eigenvalue weighted by atomic mass is 19.4. The van der Waals surface area contributed by atoms with Gasteiger partial charge in [-0.1, -0.05) is 0 Å². The molecule has 1 aliphatic heterocycles. The molecule has 170 valence electrons. The van der Waals surface area contributed by atoms with Gasteiger partial charge >= 0.3 is 12.1 Å². The maximum Gasteiger partial charge on any atom is 0.401 e. The summed E-state index contributed by atoms with van der Waals surface area (Å²) < 4.78 is 68.6. The zero-order chi connectivity index (χ0) is 23.1. The number of carboxylic acids is 1. The summed E-state index contributed by atoms with van der Waals surface area (Å²) in [5, 5.41) is 11.0. The average Bonchev–Trinajstić information content (AvgIpc) is 3.13. The van der Waals surface area contributed by atoms with Crippen molar-refractivity contribution in [3.8, 4) is 0 Å². The van der Waals surface area contributed by atoms with Gasteiger partial charge in [-0.3, -0.25) is 4.79 Å². The quantitative estimate of drug-likeness (QED) is 0.464. The Labute approximate surface area is 173 Å². The van der Waals surface area contributed by atoms with E-state index in [1.807, 2.05) is 0 Å². The van der Waals surface area contributed by atoms with E-state index in [2.05, 4.69) is 5.32 Å². The van der Waals surface area contributed by atoms with Crippen LogP contribution in [0.4, 0.5) is 33.3 Å². The Morgan fingerprint density at radius 2 is 2.00 bits per heavy atom. The Bertz CT molecular complexity index is 1080. The van der Waals surface area contributed by atoms with Crippen molar-refractivity contribution in [2.45, 2.75) is 26.1 Å². The number of aromatic nitrogens is 1. The Kier molecular flexibility index (Phi) is 6.12. The Morgan fingerprint density at radius 3 is 2.58 bits per heavy atom. The molecule has 4 N–H and O–H groups in total. The molecule has 12 heteroatoms. The average molecular weight is 448 g/mol. The topological polar surface area (TPSA) is 101 Å². The standard InChI is InChI=1S/C19H21F5N4O3/c1-2-27-7-10(18(30)31)17(29)11-14(25)12(20)16(13(21)15(11)27)28-4-3-9(6-28)5-26-8-19(22,23)24/h7,9,26H,2-6,8,25H2,1H3,(H,30,31). The lowest BCUT2D eigenvalue weighted by atomic mass is 10.1. The van der Waals surface area contributed by atoms with E-state index in [1.54, 1.807) is 6.92 Å². The molecule has 0 amide bonds. The van der Waals surface area contributed by atoms with Gasteiger partial charge in [0.05, 0.1) is 23.1 Å². The number of hydrogen-bond donors (Lipinski definition) is 3. The van der Waals surface area contributed by atoms with Crippen LogP contribution >= 0.6 is 0 Å². The number of nitrogens with two attached hydrogens (primary N) is 1. The van der Waals surface area contributed by atoms with Gasteiger partial charge in [0, 0.05) is 32.4 Å². The fourth-order valence-corrected chi connectivity index (χ4v) is 3.90. The van der Waals surface area contributed by atoms with E-state index in [-0.39, 0.29) is 37.6 Å². The minimum absolute atomic E-state index is 0.0178. The van der Waals surface area contributed by atoms with Crippen LogP contribution in [0, 0.1) is 17.6 Å². The molecular formula is C19H21F5N4O3. The maximum absolute atomic E-state index is 15.4. The third-order valence-corrected chi connectivity index (χ3v) is 5.34. The van der Waals surface area contributed by atoms with Gasteiger partial charge in [0.15, 0.2) is 11.6 Å². The molecule has 0 aliphatic carbocycles. The van der Waals surface area contributed by atoms with E-state index < -0.39 is 58.1 Å². The molecular weight excluding hydrogens is 427 g/mol. The lowest BCUT2D eigenvalue weighted by Crippen LogP contribution is -2.33. The van der Waals surface area contributed by atoms with Crippen LogP contribution in [0.3, 0.4) is 0 Å². The first-order chi connectivity index (χ1) is 14.5. The van der Waals surface area contributed by atoms with Crippen molar-refractivity contribution in [1.29, 1.82) is 0 Å². The van der Waals surface area contributed by atoms with Crippen molar-refractivity contribution < 1.29 is 31.9 Å². The Morgan fingerprint density at radius 1 is 1.32 bits per heavy atom. The predicted molar refractivity (Wildman–Crippen MR) is 104 cm³/mol. The molecule has 1 aliphatic rings. The van der Waals surface area contributed by atoms with Gasteiger partial charge in [-0.05, 0) is 19.3 Å². The number of anilines is 2. The van der Waals surface area contributed by atoms with Gasteiger partial charge in [0.1, 0.15) is 11.3 Å². The lowest BCUT2D eigenvalue weighted by molar-refractivity contribution is -0.125. The van der Waals surface area contributed by atoms with Crippen molar-refractivity contribution in [2.75, 3.05) is 36.8 Å². The zero-order valence-corrected chi connectivity index (χ0v) is 16.5. The molecule has 2 heterocycles. The minimum atomic E-state index is -4.36. The molecule has 0 bridgehead atoms. The maximum atomic E-state index is 15.4. The Balaban J connectivity index is 2.02. The fraction of sp³-hybridized carbons (Fsp3) is 0.474. The lowest BCUT2D eigenvalue weighted by Gasteiger charge is -2.23. The highest BCUT2D eigenvalue weighted by Gasteiger charge is 2.33. The normalized spacial score (nSPS) is 17.0. The summed E-state index contributed by atoms with van der Waals surface area (Å²) in [5.74, 6) is -4.09. The number of nitrogen functional groups attached to an aromatic ring is 1. The molecule has 1 aromatic carbocycles. The number of hydrogen-bond acceptors (Lipinski definition) is 5. The summed E-state index contributed by atoms with van der Waals surface area (Å²) in [6, 6.07) is 0. The van der Waals surface area contributed by atoms with Crippen molar-refractivity contribution in [2.24, 2.45) is 5.92 Å². The third kappa shape index (κ3) is 4.29. The monoisotopic (exact) mass is 448 g/mol. The molecule has 0 saturated carbocycles. The number of benzene rings is 1. The molecule has 1 aromatic heterocycles. The zero-order valence-electron chi connectivity index (χ0n) is 16.5. The second-order valence-corrected chi connectivity index (χ2v) is 7.42. The number of nitrogens with one attached hydrogen (secondary N) is 1. The number of aryl methyl sites for hydroxylation is 1. The number of nitrogens with zero attached hydrogens (tertiary/aromatic N) is 2. The SMILES string of the molecule is CCn1cc(C(=O)O)c(=O)c2c(N)c(F)c(N3CCC(CNCC(F)(F)F)C3)c(F)c21. The largest absolute Gasteiger partial charge is 0.477 e. The third-order valence-electron chi connectivity index (χ3n) is 5.34. The van der Waals surface area contributed by atoms with E-state index in [0.717, 1.165) is 6.20 Å². The van der Waals surface area contributed by atoms with Crippen LogP contribution < -0.4 is 21.4 Å². The summed E-state index contributed by atoms with van der Waals surface area (Å²) in [6.45, 7) is 0.802. The number of alkyl halides is 3. The minimum Gasteiger partial charge on any atom is -0.477 e. The molecule has 0 radical (unpaired) electrons. The molecule has 1 saturated heterocycles. The van der Waals surface area contributed by atoms with Gasteiger partial charge < -0.3 is 25.6 Å². The molecule has 1 atom stereocenters. The van der Waals surface area contributed by atoms with Gasteiger partial charge in [0.2, 0.25) is 5.43 Å². The van der Waals surface area contributed by atoms with Crippen LogP contribution in [0.1, 0.15) is 23.7 Å². The van der Waals surface area contributed by atoms with Gasteiger partial charge in [-0.15, -0.1) is 0 Å². The highest BCUT2D eigenvalue weighted by Crippen LogP contribution is 2.37. The van der Waals surface area contributed by atoms with Crippen molar-refractivity contribution in [3.63, 3.8) is 0 Å². The number of carboxylic acid groups (broad SMARTS) is 1. The fourth-order valence-electron chi connectivity index (χ4n) is 3.90. The van der Waals surface area contributed by atoms with Crippen LogP contribution in [-0.2, 0) is 6.54 Å². The molecule has 1 fully saturated rings. The van der Waals surface area contributed by atoms with E-state index >= 15 is 8.78 Å². The first-order valence-electron chi connectivity index (χ1n) is 9.55. The summed E-state index contributed by atoms with van der Waals surface area (Å²) in [6.07, 6.45) is -2.98. The van der Waals surface area contributed by atoms with E-state index in [0.29, 0.717) is 6.42 Å². The second-order valence-electron chi connectivity index (χ2n) is 7.42. The molecule has 2 aromatic rings. The van der Waals surface area contributed by atoms with E-state index in [1.165, 1.54) is 9.47 Å². The molecule has 3 rings (SSSR count). The first kappa shape index (κ1) is 22.8. The van der Waals surface area contributed by atoms with Crippen LogP contribution in [0.2, 0.25) is 0 Å². The van der Waals surface area contributed by atoms with E-state index in [9.17, 15) is 27.9 Å². The van der Waals surface area contributed by atoms with Gasteiger partial charge in [0.25, 0.3) is 0 Å². The molecule has 0 spiro atoms. The van der Waals surface area contributed by atoms with E-state index in [4.69, 9.17) is 5.73 Å². The number of carbonyl (C=O) groups is 1. The van der Waals surface area contributed by atoms with Crippen LogP contribution in [-0.4, -0.2) is 48.0 Å². The molecule has 1 unspecified atom stereocenters. The smallest absolute Gasteiger partial charge is 0.401 e. The summed E-state index contributed by atoms with van der Waals surface area (Å²) >= 11 is 0. The number of fused-ring (bicyclic) bond motifs is 1. The van der Waals surface area contributed by atoms with Crippen molar-refractivity contribution >= 4 is 28.2 Å². The summed E-state index contributed by atoms with van der Waals surface area (Å²) in [4.78, 5) is 25.2. The van der Waals surface area contributed by atoms with Gasteiger partial charge in [-0.2, -0.15) is 13.2 Å². The second kappa shape index (κ2) is 8.33. The van der Waals surface area contributed by atoms with Crippen LogP contribution in [0.5, 0.6) is 0 Å². The number of pyridine rings is 1. The summed E-state index contributed by atoms with van der Waals surface area (Å²) in [5.41, 5.74) is 2.58. The van der Waals surface area contributed by atoms with Gasteiger partial charge in [-0.25, -0.2) is 13.6 Å². The number of aromatic carboxylic acids is 1. The highest BCUT2D eigenvalue weighted by molar-refractivity contribution is 5.99. The number of rotatable bonds is 6. The summed E-state index contributed by atoms with van der Waals surface area (Å²) in [7, 11) is 0. The van der Waals surface area contributed by atoms with Crippen molar-refractivity contribution in [1.82, 2.24) is 9.88 Å². The Hall–Kier alpha value is -2.89.